The highest BCUT2D eigenvalue weighted by Crippen LogP contribution is 2.34. The van der Waals surface area contributed by atoms with Crippen molar-refractivity contribution in [1.29, 1.82) is 0 Å². The van der Waals surface area contributed by atoms with E-state index in [0.717, 1.165) is 18.5 Å². The summed E-state index contributed by atoms with van der Waals surface area (Å²) in [6.45, 7) is 0. The molecule has 1 aliphatic rings. The van der Waals surface area contributed by atoms with Gasteiger partial charge in [0.05, 0.1) is 26.3 Å². The molecule has 110 valence electrons. The number of nitrogens with zero attached hydrogens (tertiary/aromatic N) is 2. The molecule has 0 radical (unpaired) electrons. The van der Waals surface area contributed by atoms with Crippen molar-refractivity contribution >= 4 is 11.6 Å². The maximum absolute atomic E-state index is 5.83. The third-order valence-electron chi connectivity index (χ3n) is 3.65. The lowest BCUT2D eigenvalue weighted by Crippen LogP contribution is -2.11. The van der Waals surface area contributed by atoms with Crippen molar-refractivity contribution in [3.8, 4) is 11.8 Å². The fraction of sp³-hybridized carbons (Fsp3) is 0.333. The Labute approximate surface area is 123 Å². The van der Waals surface area contributed by atoms with Crippen molar-refractivity contribution in [2.75, 3.05) is 25.3 Å². The molecule has 0 spiro atoms. The highest BCUT2D eigenvalue weighted by molar-refractivity contribution is 5.50. The van der Waals surface area contributed by atoms with E-state index in [9.17, 15) is 0 Å². The summed E-state index contributed by atoms with van der Waals surface area (Å²) in [4.78, 5) is 8.61. The predicted molar refractivity (Wildman–Crippen MR) is 80.7 cm³/mol. The average molecular weight is 286 g/mol. The lowest BCUT2D eigenvalue weighted by molar-refractivity contribution is 0.372. The van der Waals surface area contributed by atoms with E-state index < -0.39 is 0 Å². The molecule has 0 amide bonds. The molecule has 1 aromatic carbocycles. The van der Waals surface area contributed by atoms with E-state index in [0.29, 0.717) is 17.7 Å². The fourth-order valence-electron chi connectivity index (χ4n) is 2.62. The van der Waals surface area contributed by atoms with E-state index in [1.54, 1.807) is 20.3 Å². The number of anilines is 2. The third kappa shape index (κ3) is 2.69. The van der Waals surface area contributed by atoms with E-state index in [2.05, 4.69) is 21.4 Å². The van der Waals surface area contributed by atoms with Crippen molar-refractivity contribution in [3.63, 3.8) is 0 Å². The number of nitrogens with two attached hydrogens (primary N) is 1. The second kappa shape index (κ2) is 5.47. The Hall–Kier alpha value is -2.50. The number of hydrogen-bond acceptors (Lipinski definition) is 6. The second-order valence-electron chi connectivity index (χ2n) is 4.97. The summed E-state index contributed by atoms with van der Waals surface area (Å²) in [5, 5.41) is 3.34. The third-order valence-corrected chi connectivity index (χ3v) is 3.65. The molecular weight excluding hydrogens is 268 g/mol. The largest absolute Gasteiger partial charge is 0.481 e. The Bertz CT molecular complexity index is 638. The second-order valence-corrected chi connectivity index (χ2v) is 4.97. The standard InChI is InChI=1S/C15H18N4O2/c1-20-13-8-14(21-2)19-15(18-13)17-12-6-3-9-7-10(16)4-5-11(9)12/h4-5,7-8,12H,3,6,16H2,1-2H3,(H,17,18,19). The number of hydrogen-bond donors (Lipinski definition) is 2. The minimum atomic E-state index is 0.178. The number of nitrogen functional groups attached to an aromatic ring is 1. The predicted octanol–water partition coefficient (Wildman–Crippen LogP) is 2.18. The average Bonchev–Trinajstić information content (AvgIpc) is 2.88. The van der Waals surface area contributed by atoms with Crippen LogP contribution in [0.15, 0.2) is 24.3 Å². The van der Waals surface area contributed by atoms with Crippen LogP contribution in [0, 0.1) is 0 Å². The van der Waals surface area contributed by atoms with E-state index in [4.69, 9.17) is 15.2 Å². The first-order valence-electron chi connectivity index (χ1n) is 6.81. The van der Waals surface area contributed by atoms with Crippen LogP contribution in [0.2, 0.25) is 0 Å². The zero-order valence-corrected chi connectivity index (χ0v) is 12.1. The Morgan fingerprint density at radius 3 is 2.52 bits per heavy atom. The molecule has 6 heteroatoms. The topological polar surface area (TPSA) is 82.3 Å². The number of methoxy groups -OCH3 is 2. The normalized spacial score (nSPS) is 16.4. The van der Waals surface area contributed by atoms with Crippen LogP contribution in [0.5, 0.6) is 11.8 Å². The summed E-state index contributed by atoms with van der Waals surface area (Å²) in [7, 11) is 3.14. The van der Waals surface area contributed by atoms with Gasteiger partial charge in [0.2, 0.25) is 17.7 Å². The molecule has 0 saturated heterocycles. The first-order chi connectivity index (χ1) is 10.2. The lowest BCUT2D eigenvalue weighted by Gasteiger charge is -2.15. The van der Waals surface area contributed by atoms with Gasteiger partial charge >= 0.3 is 0 Å². The highest BCUT2D eigenvalue weighted by Gasteiger charge is 2.23. The zero-order valence-electron chi connectivity index (χ0n) is 12.1. The van der Waals surface area contributed by atoms with E-state index >= 15 is 0 Å². The van der Waals surface area contributed by atoms with Crippen molar-refractivity contribution in [2.45, 2.75) is 18.9 Å². The van der Waals surface area contributed by atoms with Crippen LogP contribution in [0.4, 0.5) is 11.6 Å². The monoisotopic (exact) mass is 286 g/mol. The van der Waals surface area contributed by atoms with Gasteiger partial charge in [0, 0.05) is 5.69 Å². The SMILES string of the molecule is COc1cc(OC)nc(NC2CCc3cc(N)ccc32)n1. The van der Waals surface area contributed by atoms with Gasteiger partial charge in [-0.15, -0.1) is 0 Å². The van der Waals surface area contributed by atoms with E-state index in [1.165, 1.54) is 11.1 Å². The van der Waals surface area contributed by atoms with Gasteiger partial charge in [-0.2, -0.15) is 9.97 Å². The quantitative estimate of drug-likeness (QED) is 0.838. The minimum Gasteiger partial charge on any atom is -0.481 e. The summed E-state index contributed by atoms with van der Waals surface area (Å²) in [5.41, 5.74) is 9.15. The van der Waals surface area contributed by atoms with Gasteiger partial charge in [0.15, 0.2) is 0 Å². The molecule has 0 saturated carbocycles. The van der Waals surface area contributed by atoms with Crippen molar-refractivity contribution in [2.24, 2.45) is 0 Å². The molecule has 0 bridgehead atoms. The van der Waals surface area contributed by atoms with Crippen LogP contribution in [0.3, 0.4) is 0 Å². The molecule has 1 unspecified atom stereocenters. The number of ether oxygens (including phenoxy) is 2. The Morgan fingerprint density at radius 2 is 1.86 bits per heavy atom. The van der Waals surface area contributed by atoms with Gasteiger partial charge in [0.25, 0.3) is 0 Å². The zero-order chi connectivity index (χ0) is 14.8. The summed E-state index contributed by atoms with van der Waals surface area (Å²) >= 11 is 0. The number of aromatic nitrogens is 2. The molecule has 0 aliphatic heterocycles. The summed E-state index contributed by atoms with van der Waals surface area (Å²) in [5.74, 6) is 1.45. The van der Waals surface area contributed by atoms with Crippen LogP contribution in [0.25, 0.3) is 0 Å². The van der Waals surface area contributed by atoms with Crippen molar-refractivity contribution in [1.82, 2.24) is 9.97 Å². The van der Waals surface area contributed by atoms with Crippen molar-refractivity contribution < 1.29 is 9.47 Å². The molecule has 1 aliphatic carbocycles. The molecular formula is C15H18N4O2. The summed E-state index contributed by atoms with van der Waals surface area (Å²) in [6, 6.07) is 7.84. The number of benzene rings is 1. The lowest BCUT2D eigenvalue weighted by atomic mass is 10.1. The molecule has 1 aromatic heterocycles. The Morgan fingerprint density at radius 1 is 1.14 bits per heavy atom. The van der Waals surface area contributed by atoms with E-state index in [1.807, 2.05) is 12.1 Å². The minimum absolute atomic E-state index is 0.178. The first-order valence-corrected chi connectivity index (χ1v) is 6.81. The maximum Gasteiger partial charge on any atom is 0.229 e. The fourth-order valence-corrected chi connectivity index (χ4v) is 2.62. The molecule has 1 heterocycles. The molecule has 6 nitrogen and oxygen atoms in total. The number of rotatable bonds is 4. The van der Waals surface area contributed by atoms with Crippen LogP contribution in [-0.4, -0.2) is 24.2 Å². The first kappa shape index (κ1) is 13.5. The Kier molecular flexibility index (Phi) is 3.51. The highest BCUT2D eigenvalue weighted by atomic mass is 16.5. The molecule has 2 aromatic rings. The molecule has 1 atom stereocenters. The summed E-state index contributed by atoms with van der Waals surface area (Å²) < 4.78 is 10.3. The van der Waals surface area contributed by atoms with Gasteiger partial charge in [-0.05, 0) is 36.1 Å². The van der Waals surface area contributed by atoms with Gasteiger partial charge in [-0.1, -0.05) is 6.07 Å². The van der Waals surface area contributed by atoms with Gasteiger partial charge < -0.3 is 20.5 Å². The molecule has 0 fully saturated rings. The number of nitrogens with one attached hydrogen (secondary N) is 1. The van der Waals surface area contributed by atoms with E-state index in [-0.39, 0.29) is 6.04 Å². The maximum atomic E-state index is 5.83. The molecule has 3 N–H and O–H groups in total. The van der Waals surface area contributed by atoms with Gasteiger partial charge in [0.1, 0.15) is 0 Å². The number of aryl methyl sites for hydroxylation is 1. The van der Waals surface area contributed by atoms with Gasteiger partial charge in [-0.3, -0.25) is 0 Å². The Balaban J connectivity index is 1.85. The number of fused-ring (bicyclic) bond motifs is 1. The van der Waals surface area contributed by atoms with Crippen LogP contribution in [-0.2, 0) is 6.42 Å². The molecule has 3 rings (SSSR count). The summed E-state index contributed by atoms with van der Waals surface area (Å²) in [6.07, 6.45) is 1.99. The smallest absolute Gasteiger partial charge is 0.229 e. The van der Waals surface area contributed by atoms with Crippen LogP contribution in [0.1, 0.15) is 23.6 Å². The van der Waals surface area contributed by atoms with Crippen LogP contribution >= 0.6 is 0 Å². The van der Waals surface area contributed by atoms with Crippen LogP contribution < -0.4 is 20.5 Å². The molecule has 21 heavy (non-hydrogen) atoms. The van der Waals surface area contributed by atoms with Crippen molar-refractivity contribution in [3.05, 3.63) is 35.4 Å². The van der Waals surface area contributed by atoms with Gasteiger partial charge in [-0.25, -0.2) is 0 Å².